The zero-order valence-corrected chi connectivity index (χ0v) is 10.8. The van der Waals surface area contributed by atoms with Gasteiger partial charge in [-0.3, -0.25) is 0 Å². The molecule has 0 unspecified atom stereocenters. The molecule has 0 N–H and O–H groups in total. The van der Waals surface area contributed by atoms with Gasteiger partial charge in [0.2, 0.25) is 0 Å². The number of allylic oxidation sites excluding steroid dienone is 2. The van der Waals surface area contributed by atoms with Crippen molar-refractivity contribution in [2.24, 2.45) is 0 Å². The molecule has 1 aliphatic rings. The fourth-order valence-electron chi connectivity index (χ4n) is 1.77. The largest absolute Gasteiger partial charge is 0.465 e. The van der Waals surface area contributed by atoms with Gasteiger partial charge < -0.3 is 14.4 Å². The number of piperidine rings is 1. The normalized spacial score (nSPS) is 15.3. The average Bonchev–Trinajstić information content (AvgIpc) is 2.43. The van der Waals surface area contributed by atoms with E-state index in [1.807, 2.05) is 6.20 Å². The monoisotopic (exact) mass is 253 g/mol. The Morgan fingerprint density at radius 1 is 1.00 bits per heavy atom. The van der Waals surface area contributed by atoms with Crippen LogP contribution >= 0.6 is 0 Å². The van der Waals surface area contributed by atoms with E-state index >= 15 is 0 Å². The quantitative estimate of drug-likeness (QED) is 0.248. The van der Waals surface area contributed by atoms with E-state index in [2.05, 4.69) is 14.4 Å². The molecule has 0 aromatic rings. The highest BCUT2D eigenvalue weighted by Crippen LogP contribution is 2.09. The first-order valence-corrected chi connectivity index (χ1v) is 5.98. The summed E-state index contributed by atoms with van der Waals surface area (Å²) in [4.78, 5) is 24.9. The lowest BCUT2D eigenvalue weighted by atomic mass is 10.1. The van der Waals surface area contributed by atoms with Gasteiger partial charge >= 0.3 is 11.9 Å². The molecule has 0 saturated carbocycles. The second-order valence-electron chi connectivity index (χ2n) is 4.00. The Hall–Kier alpha value is -1.78. The second-order valence-corrected chi connectivity index (χ2v) is 4.00. The van der Waals surface area contributed by atoms with E-state index in [1.165, 1.54) is 39.6 Å². The van der Waals surface area contributed by atoms with Crippen LogP contribution in [0.15, 0.2) is 23.9 Å². The molecule has 1 rings (SSSR count). The van der Waals surface area contributed by atoms with Crippen molar-refractivity contribution < 1.29 is 19.1 Å². The SMILES string of the molecule is COC(=O)C(=C/C=C/N1CCCCC1)C(=O)OC. The maximum atomic E-state index is 11.4. The third-order valence-corrected chi connectivity index (χ3v) is 2.76. The number of esters is 2. The number of hydrogen-bond donors (Lipinski definition) is 0. The third kappa shape index (κ3) is 4.24. The smallest absolute Gasteiger partial charge is 0.345 e. The molecule has 0 aliphatic carbocycles. The molecular weight excluding hydrogens is 234 g/mol. The lowest BCUT2D eigenvalue weighted by Gasteiger charge is -2.24. The first-order valence-electron chi connectivity index (χ1n) is 5.98. The highest BCUT2D eigenvalue weighted by Gasteiger charge is 2.18. The number of hydrogen-bond acceptors (Lipinski definition) is 5. The molecule has 0 aromatic heterocycles. The van der Waals surface area contributed by atoms with Crippen molar-refractivity contribution in [1.82, 2.24) is 4.90 Å². The molecule has 0 atom stereocenters. The maximum Gasteiger partial charge on any atom is 0.345 e. The van der Waals surface area contributed by atoms with Crippen molar-refractivity contribution in [1.29, 1.82) is 0 Å². The lowest BCUT2D eigenvalue weighted by Crippen LogP contribution is -2.24. The Morgan fingerprint density at radius 3 is 2.06 bits per heavy atom. The van der Waals surface area contributed by atoms with Gasteiger partial charge in [-0.2, -0.15) is 0 Å². The van der Waals surface area contributed by atoms with E-state index < -0.39 is 11.9 Å². The highest BCUT2D eigenvalue weighted by molar-refractivity contribution is 6.14. The number of rotatable bonds is 4. The molecule has 5 heteroatoms. The number of ether oxygens (including phenoxy) is 2. The summed E-state index contributed by atoms with van der Waals surface area (Å²) in [5.41, 5.74) is -0.103. The minimum absolute atomic E-state index is 0.103. The third-order valence-electron chi connectivity index (χ3n) is 2.76. The Bertz CT molecular complexity index is 336. The van der Waals surface area contributed by atoms with Gasteiger partial charge in [0.1, 0.15) is 5.57 Å². The van der Waals surface area contributed by atoms with E-state index in [1.54, 1.807) is 6.08 Å². The van der Waals surface area contributed by atoms with E-state index in [-0.39, 0.29) is 5.57 Å². The molecule has 0 aromatic carbocycles. The lowest BCUT2D eigenvalue weighted by molar-refractivity contribution is -0.144. The molecule has 1 saturated heterocycles. The van der Waals surface area contributed by atoms with E-state index in [9.17, 15) is 9.59 Å². The van der Waals surface area contributed by atoms with Crippen LogP contribution < -0.4 is 0 Å². The van der Waals surface area contributed by atoms with Crippen molar-refractivity contribution in [2.45, 2.75) is 19.3 Å². The summed E-state index contributed by atoms with van der Waals surface area (Å²) in [5.74, 6) is -1.38. The molecule has 1 fully saturated rings. The molecule has 18 heavy (non-hydrogen) atoms. The van der Waals surface area contributed by atoms with Crippen molar-refractivity contribution in [2.75, 3.05) is 27.3 Å². The second kappa shape index (κ2) is 7.53. The van der Waals surface area contributed by atoms with Crippen molar-refractivity contribution in [3.8, 4) is 0 Å². The molecule has 1 aliphatic heterocycles. The summed E-state index contributed by atoms with van der Waals surface area (Å²) < 4.78 is 9.04. The summed E-state index contributed by atoms with van der Waals surface area (Å²) in [6, 6.07) is 0. The van der Waals surface area contributed by atoms with Crippen LogP contribution in [0.25, 0.3) is 0 Å². The summed E-state index contributed by atoms with van der Waals surface area (Å²) in [6.07, 6.45) is 8.59. The number of nitrogens with zero attached hydrogens (tertiary/aromatic N) is 1. The number of carbonyl (C=O) groups excluding carboxylic acids is 2. The van der Waals surface area contributed by atoms with Crippen molar-refractivity contribution >= 4 is 11.9 Å². The first-order chi connectivity index (χ1) is 8.69. The molecule has 1 heterocycles. The van der Waals surface area contributed by atoms with E-state index in [0.717, 1.165) is 13.1 Å². The van der Waals surface area contributed by atoms with Crippen LogP contribution in [-0.2, 0) is 19.1 Å². The Labute approximate surface area is 107 Å². The Kier molecular flexibility index (Phi) is 5.97. The minimum atomic E-state index is -0.690. The summed E-state index contributed by atoms with van der Waals surface area (Å²) in [6.45, 7) is 2.02. The van der Waals surface area contributed by atoms with Crippen LogP contribution in [0.5, 0.6) is 0 Å². The predicted octanol–water partition coefficient (Wildman–Crippen LogP) is 1.26. The Balaban J connectivity index is 2.66. The molecule has 0 radical (unpaired) electrons. The summed E-state index contributed by atoms with van der Waals surface area (Å²) in [7, 11) is 2.46. The molecule has 0 bridgehead atoms. The standard InChI is InChI=1S/C13H19NO4/c1-17-12(15)11(13(16)18-2)7-6-10-14-8-4-3-5-9-14/h6-7,10H,3-5,8-9H2,1-2H3/b10-6+. The molecule has 100 valence electrons. The zero-order chi connectivity index (χ0) is 13.4. The maximum absolute atomic E-state index is 11.4. The average molecular weight is 253 g/mol. The number of carbonyl (C=O) groups is 2. The zero-order valence-electron chi connectivity index (χ0n) is 10.8. The van der Waals surface area contributed by atoms with Gasteiger partial charge in [-0.15, -0.1) is 0 Å². The fraction of sp³-hybridized carbons (Fsp3) is 0.538. The molecular formula is C13H19NO4. The molecule has 0 spiro atoms. The Morgan fingerprint density at radius 2 is 1.56 bits per heavy atom. The van der Waals surface area contributed by atoms with Gasteiger partial charge in [-0.25, -0.2) is 9.59 Å². The molecule has 0 amide bonds. The van der Waals surface area contributed by atoms with E-state index in [4.69, 9.17) is 0 Å². The van der Waals surface area contributed by atoms with Crippen LogP contribution in [0.4, 0.5) is 0 Å². The van der Waals surface area contributed by atoms with Crippen molar-refractivity contribution in [3.05, 3.63) is 23.9 Å². The molecule has 5 nitrogen and oxygen atoms in total. The van der Waals surface area contributed by atoms with Gasteiger partial charge in [-0.05, 0) is 37.6 Å². The first kappa shape index (κ1) is 14.3. The van der Waals surface area contributed by atoms with Gasteiger partial charge in [-0.1, -0.05) is 0 Å². The van der Waals surface area contributed by atoms with Gasteiger partial charge in [0.25, 0.3) is 0 Å². The van der Waals surface area contributed by atoms with Crippen LogP contribution in [0.2, 0.25) is 0 Å². The van der Waals surface area contributed by atoms with Crippen LogP contribution in [0, 0.1) is 0 Å². The van der Waals surface area contributed by atoms with Gasteiger partial charge in [0.05, 0.1) is 14.2 Å². The minimum Gasteiger partial charge on any atom is -0.465 e. The van der Waals surface area contributed by atoms with Crippen LogP contribution in [-0.4, -0.2) is 44.1 Å². The topological polar surface area (TPSA) is 55.8 Å². The van der Waals surface area contributed by atoms with Gasteiger partial charge in [0, 0.05) is 13.1 Å². The van der Waals surface area contributed by atoms with Gasteiger partial charge in [0.15, 0.2) is 0 Å². The van der Waals surface area contributed by atoms with Crippen molar-refractivity contribution in [3.63, 3.8) is 0 Å². The highest BCUT2D eigenvalue weighted by atomic mass is 16.5. The fourth-order valence-corrected chi connectivity index (χ4v) is 1.77. The predicted molar refractivity (Wildman–Crippen MR) is 66.7 cm³/mol. The van der Waals surface area contributed by atoms with E-state index in [0.29, 0.717) is 0 Å². The number of methoxy groups -OCH3 is 2. The van der Waals surface area contributed by atoms with Crippen LogP contribution in [0.3, 0.4) is 0 Å². The summed E-state index contributed by atoms with van der Waals surface area (Å²) in [5, 5.41) is 0. The summed E-state index contributed by atoms with van der Waals surface area (Å²) >= 11 is 0. The number of likely N-dealkylation sites (tertiary alicyclic amines) is 1. The van der Waals surface area contributed by atoms with Crippen LogP contribution in [0.1, 0.15) is 19.3 Å².